The molecular formula is C15H17NO3. The lowest BCUT2D eigenvalue weighted by molar-refractivity contribution is -0.148. The topological polar surface area (TPSA) is 66.4 Å². The first kappa shape index (κ1) is 12.2. The normalized spacial score (nSPS) is 20.1. The molecule has 0 atom stereocenters. The van der Waals surface area contributed by atoms with E-state index < -0.39 is 11.4 Å². The molecule has 19 heavy (non-hydrogen) atoms. The third kappa shape index (κ3) is 2.11. The van der Waals surface area contributed by atoms with Crippen molar-refractivity contribution in [3.63, 3.8) is 0 Å². The number of anilines is 1. The largest absolute Gasteiger partial charge is 0.481 e. The van der Waals surface area contributed by atoms with Crippen LogP contribution in [-0.2, 0) is 22.4 Å². The zero-order chi connectivity index (χ0) is 13.5. The molecule has 4 heteroatoms. The van der Waals surface area contributed by atoms with Crippen LogP contribution < -0.4 is 5.32 Å². The number of carbonyl (C=O) groups is 2. The number of hydrogen-bond acceptors (Lipinski definition) is 2. The van der Waals surface area contributed by atoms with Gasteiger partial charge in [0.05, 0.1) is 11.8 Å². The fourth-order valence-corrected chi connectivity index (χ4v) is 3.30. The third-order valence-electron chi connectivity index (χ3n) is 4.35. The minimum Gasteiger partial charge on any atom is -0.481 e. The second kappa shape index (κ2) is 4.37. The summed E-state index contributed by atoms with van der Waals surface area (Å²) < 4.78 is 0. The van der Waals surface area contributed by atoms with Crippen LogP contribution in [0.15, 0.2) is 18.2 Å². The van der Waals surface area contributed by atoms with Crippen molar-refractivity contribution in [1.82, 2.24) is 0 Å². The summed E-state index contributed by atoms with van der Waals surface area (Å²) >= 11 is 0. The highest BCUT2D eigenvalue weighted by Gasteiger charge is 2.41. The summed E-state index contributed by atoms with van der Waals surface area (Å²) in [5, 5.41) is 12.3. The standard InChI is InChI=1S/C15H17NO3/c17-13-8-11-7-10(3-4-12(11)16-13)9-15(14(18)19)5-1-2-6-15/h3-4,7H,1-2,5-6,8-9H2,(H,16,17)(H,18,19). The molecule has 0 spiro atoms. The van der Waals surface area contributed by atoms with Gasteiger partial charge in [-0.1, -0.05) is 25.0 Å². The maximum atomic E-state index is 11.5. The molecule has 0 bridgehead atoms. The number of carboxylic acid groups (broad SMARTS) is 1. The van der Waals surface area contributed by atoms with Crippen molar-refractivity contribution in [2.24, 2.45) is 5.41 Å². The first-order valence-electron chi connectivity index (χ1n) is 6.74. The number of benzene rings is 1. The molecule has 3 rings (SSSR count). The van der Waals surface area contributed by atoms with Gasteiger partial charge in [-0.05, 0) is 36.5 Å². The lowest BCUT2D eigenvalue weighted by Crippen LogP contribution is -2.30. The van der Waals surface area contributed by atoms with Crippen LogP contribution in [0.1, 0.15) is 36.8 Å². The summed E-state index contributed by atoms with van der Waals surface area (Å²) in [5.41, 5.74) is 2.29. The second-order valence-electron chi connectivity index (χ2n) is 5.69. The van der Waals surface area contributed by atoms with Crippen molar-refractivity contribution in [2.45, 2.75) is 38.5 Å². The Labute approximate surface area is 111 Å². The van der Waals surface area contributed by atoms with Gasteiger partial charge in [0.1, 0.15) is 0 Å². The van der Waals surface area contributed by atoms with Crippen molar-refractivity contribution in [3.05, 3.63) is 29.3 Å². The number of amides is 1. The summed E-state index contributed by atoms with van der Waals surface area (Å²) in [5.74, 6) is -0.666. The molecule has 1 saturated carbocycles. The number of carboxylic acids is 1. The van der Waals surface area contributed by atoms with Crippen LogP contribution in [0, 0.1) is 5.41 Å². The number of carbonyl (C=O) groups excluding carboxylic acids is 1. The summed E-state index contributed by atoms with van der Waals surface area (Å²) in [6.07, 6.45) is 4.49. The predicted octanol–water partition coefficient (Wildman–Crippen LogP) is 2.37. The maximum Gasteiger partial charge on any atom is 0.309 e. The van der Waals surface area contributed by atoms with Gasteiger partial charge in [0.25, 0.3) is 0 Å². The van der Waals surface area contributed by atoms with E-state index in [0.29, 0.717) is 12.8 Å². The summed E-state index contributed by atoms with van der Waals surface area (Å²) in [6.45, 7) is 0. The maximum absolute atomic E-state index is 11.5. The second-order valence-corrected chi connectivity index (χ2v) is 5.69. The van der Waals surface area contributed by atoms with Gasteiger partial charge in [0.15, 0.2) is 0 Å². The van der Waals surface area contributed by atoms with Crippen molar-refractivity contribution >= 4 is 17.6 Å². The van der Waals surface area contributed by atoms with Gasteiger partial charge in [-0.2, -0.15) is 0 Å². The third-order valence-corrected chi connectivity index (χ3v) is 4.35. The van der Waals surface area contributed by atoms with Gasteiger partial charge in [-0.25, -0.2) is 0 Å². The zero-order valence-electron chi connectivity index (χ0n) is 10.7. The van der Waals surface area contributed by atoms with Gasteiger partial charge in [0, 0.05) is 5.69 Å². The molecule has 0 radical (unpaired) electrons. The smallest absolute Gasteiger partial charge is 0.309 e. The van der Waals surface area contributed by atoms with Crippen LogP contribution in [-0.4, -0.2) is 17.0 Å². The Balaban J connectivity index is 1.86. The van der Waals surface area contributed by atoms with Crippen LogP contribution in [0.5, 0.6) is 0 Å². The first-order chi connectivity index (χ1) is 9.09. The van der Waals surface area contributed by atoms with Gasteiger partial charge in [-0.3, -0.25) is 9.59 Å². The Kier molecular flexibility index (Phi) is 2.81. The monoisotopic (exact) mass is 259 g/mol. The quantitative estimate of drug-likeness (QED) is 0.875. The molecule has 1 amide bonds. The number of fused-ring (bicyclic) bond motifs is 1. The Morgan fingerprint density at radius 2 is 2.05 bits per heavy atom. The summed E-state index contributed by atoms with van der Waals surface area (Å²) in [6, 6.07) is 5.81. The first-order valence-corrected chi connectivity index (χ1v) is 6.74. The Morgan fingerprint density at radius 3 is 2.74 bits per heavy atom. The van der Waals surface area contributed by atoms with Gasteiger partial charge < -0.3 is 10.4 Å². The molecule has 100 valence electrons. The lowest BCUT2D eigenvalue weighted by atomic mass is 9.80. The van der Waals surface area contributed by atoms with Crippen molar-refractivity contribution in [2.75, 3.05) is 5.32 Å². The van der Waals surface area contributed by atoms with E-state index in [2.05, 4.69) is 5.32 Å². The fraction of sp³-hybridized carbons (Fsp3) is 0.467. The lowest BCUT2D eigenvalue weighted by Gasteiger charge is -2.24. The van der Waals surface area contributed by atoms with E-state index in [9.17, 15) is 14.7 Å². The number of rotatable bonds is 3. The fourth-order valence-electron chi connectivity index (χ4n) is 3.30. The van der Waals surface area contributed by atoms with E-state index in [1.54, 1.807) is 0 Å². The number of hydrogen-bond donors (Lipinski definition) is 2. The molecule has 2 N–H and O–H groups in total. The Hall–Kier alpha value is -1.84. The molecule has 1 fully saturated rings. The van der Waals surface area contributed by atoms with Crippen molar-refractivity contribution < 1.29 is 14.7 Å². The van der Waals surface area contributed by atoms with Gasteiger partial charge >= 0.3 is 5.97 Å². The van der Waals surface area contributed by atoms with E-state index in [0.717, 1.165) is 42.5 Å². The van der Waals surface area contributed by atoms with Crippen LogP contribution in [0.4, 0.5) is 5.69 Å². The van der Waals surface area contributed by atoms with Gasteiger partial charge in [-0.15, -0.1) is 0 Å². The Morgan fingerprint density at radius 1 is 1.32 bits per heavy atom. The minimum atomic E-state index is -0.681. The zero-order valence-corrected chi connectivity index (χ0v) is 10.7. The highest BCUT2D eigenvalue weighted by Crippen LogP contribution is 2.41. The molecule has 1 aliphatic heterocycles. The molecule has 1 aromatic carbocycles. The van der Waals surface area contributed by atoms with Crippen LogP contribution in [0.25, 0.3) is 0 Å². The molecule has 1 aromatic rings. The van der Waals surface area contributed by atoms with E-state index >= 15 is 0 Å². The molecular weight excluding hydrogens is 242 g/mol. The van der Waals surface area contributed by atoms with Crippen molar-refractivity contribution in [3.8, 4) is 0 Å². The van der Waals surface area contributed by atoms with Crippen LogP contribution in [0.2, 0.25) is 0 Å². The highest BCUT2D eigenvalue weighted by atomic mass is 16.4. The molecule has 1 aliphatic carbocycles. The number of aliphatic carboxylic acids is 1. The molecule has 2 aliphatic rings. The van der Waals surface area contributed by atoms with Gasteiger partial charge in [0.2, 0.25) is 5.91 Å². The number of nitrogens with one attached hydrogen (secondary N) is 1. The van der Waals surface area contributed by atoms with E-state index in [1.807, 2.05) is 18.2 Å². The average Bonchev–Trinajstić information content (AvgIpc) is 2.95. The van der Waals surface area contributed by atoms with E-state index in [4.69, 9.17) is 0 Å². The summed E-state index contributed by atoms with van der Waals surface area (Å²) in [7, 11) is 0. The highest BCUT2D eigenvalue weighted by molar-refractivity contribution is 5.99. The van der Waals surface area contributed by atoms with E-state index in [1.165, 1.54) is 0 Å². The molecule has 4 nitrogen and oxygen atoms in total. The molecule has 0 aromatic heterocycles. The predicted molar refractivity (Wildman–Crippen MR) is 71.0 cm³/mol. The molecule has 0 saturated heterocycles. The Bertz CT molecular complexity index is 544. The van der Waals surface area contributed by atoms with Crippen LogP contribution >= 0.6 is 0 Å². The average molecular weight is 259 g/mol. The molecule has 1 heterocycles. The minimum absolute atomic E-state index is 0.0148. The summed E-state index contributed by atoms with van der Waals surface area (Å²) in [4.78, 5) is 22.9. The van der Waals surface area contributed by atoms with E-state index in [-0.39, 0.29) is 5.91 Å². The van der Waals surface area contributed by atoms with Crippen LogP contribution in [0.3, 0.4) is 0 Å². The SMILES string of the molecule is O=C1Cc2cc(CC3(C(=O)O)CCCC3)ccc2N1. The molecule has 0 unspecified atom stereocenters. The van der Waals surface area contributed by atoms with Crippen molar-refractivity contribution in [1.29, 1.82) is 0 Å².